The first kappa shape index (κ1) is 14.7. The second kappa shape index (κ2) is 6.29. The first-order valence-electron chi connectivity index (χ1n) is 7.52. The monoisotopic (exact) mass is 325 g/mol. The highest BCUT2D eigenvalue weighted by Crippen LogP contribution is 2.23. The van der Waals surface area contributed by atoms with E-state index in [0.717, 1.165) is 11.3 Å². The molecule has 0 aliphatic carbocycles. The van der Waals surface area contributed by atoms with E-state index in [4.69, 9.17) is 0 Å². The van der Waals surface area contributed by atoms with Gasteiger partial charge in [0, 0.05) is 18.0 Å². The molecular formula is C18H11N7. The van der Waals surface area contributed by atoms with Gasteiger partial charge in [0.2, 0.25) is 5.82 Å². The van der Waals surface area contributed by atoms with Gasteiger partial charge in [-0.3, -0.25) is 9.97 Å². The van der Waals surface area contributed by atoms with E-state index in [1.54, 1.807) is 18.5 Å². The van der Waals surface area contributed by atoms with Gasteiger partial charge in [-0.2, -0.15) is 5.26 Å². The Bertz CT molecular complexity index is 1050. The van der Waals surface area contributed by atoms with Crippen molar-refractivity contribution in [2.24, 2.45) is 0 Å². The quantitative estimate of drug-likeness (QED) is 0.575. The van der Waals surface area contributed by atoms with Crippen LogP contribution in [0.15, 0.2) is 67.0 Å². The predicted octanol–water partition coefficient (Wildman–Crippen LogP) is 2.66. The Morgan fingerprint density at radius 2 is 1.64 bits per heavy atom. The lowest BCUT2D eigenvalue weighted by atomic mass is 10.0. The van der Waals surface area contributed by atoms with Gasteiger partial charge in [-0.1, -0.05) is 12.1 Å². The minimum absolute atomic E-state index is 0.424. The number of hydrogen-bond donors (Lipinski definition) is 0. The molecule has 1 aromatic carbocycles. The number of hydrogen-bond acceptors (Lipinski definition) is 6. The van der Waals surface area contributed by atoms with Crippen LogP contribution in [0.4, 0.5) is 0 Å². The molecular weight excluding hydrogens is 314 g/mol. The Labute approximate surface area is 143 Å². The summed E-state index contributed by atoms with van der Waals surface area (Å²) in [5, 5.41) is 21.9. The Kier molecular flexibility index (Phi) is 3.69. The van der Waals surface area contributed by atoms with E-state index in [1.165, 1.54) is 4.80 Å². The zero-order valence-electron chi connectivity index (χ0n) is 13.0. The fourth-order valence-electron chi connectivity index (χ4n) is 2.42. The van der Waals surface area contributed by atoms with Crippen LogP contribution in [0, 0.1) is 11.3 Å². The Morgan fingerprint density at radius 3 is 2.32 bits per heavy atom. The third-order valence-electron chi connectivity index (χ3n) is 3.60. The molecule has 0 spiro atoms. The number of benzene rings is 1. The lowest BCUT2D eigenvalue weighted by Crippen LogP contribution is -2.00. The molecule has 0 aliphatic rings. The topological polar surface area (TPSA) is 93.2 Å². The molecule has 4 aromatic rings. The molecule has 0 atom stereocenters. The number of nitriles is 1. The zero-order valence-corrected chi connectivity index (χ0v) is 13.0. The third kappa shape index (κ3) is 2.84. The van der Waals surface area contributed by atoms with Crippen LogP contribution in [0.3, 0.4) is 0 Å². The fraction of sp³-hybridized carbons (Fsp3) is 0. The molecule has 0 N–H and O–H groups in total. The van der Waals surface area contributed by atoms with E-state index in [9.17, 15) is 5.26 Å². The number of tetrazole rings is 1. The Morgan fingerprint density at radius 1 is 0.880 bits per heavy atom. The summed E-state index contributed by atoms with van der Waals surface area (Å²) in [4.78, 5) is 9.88. The van der Waals surface area contributed by atoms with Crippen molar-refractivity contribution in [2.75, 3.05) is 0 Å². The molecule has 0 saturated carbocycles. The maximum atomic E-state index is 9.48. The van der Waals surface area contributed by atoms with Crippen LogP contribution in [-0.2, 0) is 0 Å². The normalized spacial score (nSPS) is 10.4. The van der Waals surface area contributed by atoms with Crippen LogP contribution in [0.1, 0.15) is 5.56 Å². The van der Waals surface area contributed by atoms with Crippen molar-refractivity contribution in [3.63, 3.8) is 0 Å². The van der Waals surface area contributed by atoms with Crippen LogP contribution in [-0.4, -0.2) is 30.2 Å². The molecule has 3 aromatic heterocycles. The van der Waals surface area contributed by atoms with E-state index >= 15 is 0 Å². The molecule has 118 valence electrons. The highest BCUT2D eigenvalue weighted by Gasteiger charge is 2.11. The van der Waals surface area contributed by atoms with Gasteiger partial charge < -0.3 is 0 Å². The molecule has 7 heteroatoms. The summed E-state index contributed by atoms with van der Waals surface area (Å²) in [5.41, 5.74) is 3.28. The minimum Gasteiger partial charge on any atom is -0.256 e. The average Bonchev–Trinajstić information content (AvgIpc) is 3.19. The number of rotatable bonds is 3. The van der Waals surface area contributed by atoms with E-state index in [2.05, 4.69) is 31.4 Å². The second-order valence-corrected chi connectivity index (χ2v) is 5.17. The summed E-state index contributed by atoms with van der Waals surface area (Å²) >= 11 is 0. The highest BCUT2D eigenvalue weighted by molar-refractivity contribution is 5.69. The SMILES string of the molecule is N#Cc1cc(-n2nnc(-c3ccccn3)n2)ccc1-c1ccccn1. The Hall–Kier alpha value is -3.92. The van der Waals surface area contributed by atoms with Crippen molar-refractivity contribution < 1.29 is 0 Å². The van der Waals surface area contributed by atoms with Gasteiger partial charge in [0.15, 0.2) is 0 Å². The van der Waals surface area contributed by atoms with Crippen LogP contribution < -0.4 is 0 Å². The molecule has 3 heterocycles. The van der Waals surface area contributed by atoms with E-state index in [1.807, 2.05) is 48.5 Å². The van der Waals surface area contributed by atoms with Gasteiger partial charge in [0.25, 0.3) is 0 Å². The molecule has 0 aliphatic heterocycles. The van der Waals surface area contributed by atoms with Gasteiger partial charge in [-0.25, -0.2) is 0 Å². The molecule has 0 radical (unpaired) electrons. The summed E-state index contributed by atoms with van der Waals surface area (Å²) in [7, 11) is 0. The maximum Gasteiger partial charge on any atom is 0.223 e. The minimum atomic E-state index is 0.424. The van der Waals surface area contributed by atoms with Gasteiger partial charge in [-0.05, 0) is 47.7 Å². The van der Waals surface area contributed by atoms with E-state index in [0.29, 0.717) is 22.8 Å². The van der Waals surface area contributed by atoms with Crippen LogP contribution in [0.2, 0.25) is 0 Å². The van der Waals surface area contributed by atoms with E-state index < -0.39 is 0 Å². The molecule has 0 fully saturated rings. The average molecular weight is 325 g/mol. The molecule has 7 nitrogen and oxygen atoms in total. The first-order chi connectivity index (χ1) is 12.3. The lowest BCUT2D eigenvalue weighted by molar-refractivity contribution is 0.720. The predicted molar refractivity (Wildman–Crippen MR) is 90.3 cm³/mol. The molecule has 0 amide bonds. The van der Waals surface area contributed by atoms with Crippen LogP contribution in [0.5, 0.6) is 0 Å². The Balaban J connectivity index is 1.73. The smallest absolute Gasteiger partial charge is 0.223 e. The van der Waals surface area contributed by atoms with Crippen molar-refractivity contribution in [3.8, 4) is 34.5 Å². The number of nitrogens with zero attached hydrogens (tertiary/aromatic N) is 7. The standard InChI is InChI=1S/C18H11N7/c19-12-13-11-14(7-8-15(13)16-5-1-3-9-20-16)25-23-18(22-24-25)17-6-2-4-10-21-17/h1-11H. The van der Waals surface area contributed by atoms with E-state index in [-0.39, 0.29) is 0 Å². The van der Waals surface area contributed by atoms with Crippen LogP contribution in [0.25, 0.3) is 28.5 Å². The van der Waals surface area contributed by atoms with Crippen molar-refractivity contribution in [1.29, 1.82) is 5.26 Å². The van der Waals surface area contributed by atoms with Gasteiger partial charge in [-0.15, -0.1) is 15.0 Å². The summed E-state index contributed by atoms with van der Waals surface area (Å²) in [6.45, 7) is 0. The summed E-state index contributed by atoms with van der Waals surface area (Å²) in [5.74, 6) is 0.424. The summed E-state index contributed by atoms with van der Waals surface area (Å²) in [6.07, 6.45) is 3.37. The van der Waals surface area contributed by atoms with Gasteiger partial charge in [0.1, 0.15) is 5.69 Å². The van der Waals surface area contributed by atoms with Gasteiger partial charge >= 0.3 is 0 Å². The van der Waals surface area contributed by atoms with Crippen molar-refractivity contribution in [1.82, 2.24) is 30.2 Å². The van der Waals surface area contributed by atoms with Crippen LogP contribution >= 0.6 is 0 Å². The molecule has 0 saturated heterocycles. The largest absolute Gasteiger partial charge is 0.256 e. The summed E-state index contributed by atoms with van der Waals surface area (Å²) in [6, 6.07) is 18.7. The van der Waals surface area contributed by atoms with Crippen molar-refractivity contribution in [3.05, 3.63) is 72.6 Å². The molecule has 25 heavy (non-hydrogen) atoms. The van der Waals surface area contributed by atoms with Gasteiger partial charge in [0.05, 0.1) is 23.0 Å². The third-order valence-corrected chi connectivity index (χ3v) is 3.60. The van der Waals surface area contributed by atoms with Crippen molar-refractivity contribution in [2.45, 2.75) is 0 Å². The maximum absolute atomic E-state index is 9.48. The zero-order chi connectivity index (χ0) is 17.1. The number of pyridine rings is 2. The highest BCUT2D eigenvalue weighted by atomic mass is 15.6. The lowest BCUT2D eigenvalue weighted by Gasteiger charge is -2.05. The number of aromatic nitrogens is 6. The first-order valence-corrected chi connectivity index (χ1v) is 7.52. The summed E-state index contributed by atoms with van der Waals surface area (Å²) < 4.78 is 0. The fourth-order valence-corrected chi connectivity index (χ4v) is 2.42. The second-order valence-electron chi connectivity index (χ2n) is 5.17. The molecule has 0 bridgehead atoms. The molecule has 0 unspecified atom stereocenters. The van der Waals surface area contributed by atoms with Crippen molar-refractivity contribution >= 4 is 0 Å². The molecule has 4 rings (SSSR count).